The summed E-state index contributed by atoms with van der Waals surface area (Å²) in [5.41, 5.74) is 2.03. The molecule has 5 rings (SSSR count). The van der Waals surface area contributed by atoms with Crippen molar-refractivity contribution in [3.63, 3.8) is 0 Å². The Morgan fingerprint density at radius 1 is 1.21 bits per heavy atom. The standard InChI is InChI=1S/C25H29N3O5S/c1-16(2)15-17-7-6-14-25-22-20(17)8-5-9-21(22)26-23(25)33-24(3,4)28(25)34(31,32)19-12-10-18(11-13-19)27(29)30/h5,8-13,15,17,23,26H,6-7,14H2,1-4H3/t17-,23+,25+/m1/s1. The lowest BCUT2D eigenvalue weighted by molar-refractivity contribution is -0.384. The Morgan fingerprint density at radius 2 is 1.91 bits per heavy atom. The quantitative estimate of drug-likeness (QED) is 0.363. The third-order valence-electron chi connectivity index (χ3n) is 7.10. The molecular weight excluding hydrogens is 454 g/mol. The van der Waals surface area contributed by atoms with E-state index in [9.17, 15) is 18.5 Å². The van der Waals surface area contributed by atoms with Gasteiger partial charge in [0.2, 0.25) is 10.0 Å². The number of nitrogens with zero attached hydrogens (tertiary/aromatic N) is 2. The molecule has 1 aliphatic carbocycles. The van der Waals surface area contributed by atoms with Crippen molar-refractivity contribution in [3.8, 4) is 0 Å². The fraction of sp³-hybridized carbons (Fsp3) is 0.440. The number of sulfonamides is 1. The van der Waals surface area contributed by atoms with Gasteiger partial charge in [-0.2, -0.15) is 4.31 Å². The molecule has 8 nitrogen and oxygen atoms in total. The summed E-state index contributed by atoms with van der Waals surface area (Å²) in [7, 11) is -4.07. The van der Waals surface area contributed by atoms with Gasteiger partial charge in [-0.15, -0.1) is 0 Å². The van der Waals surface area contributed by atoms with E-state index in [2.05, 4.69) is 31.3 Å². The van der Waals surface area contributed by atoms with Gasteiger partial charge in [-0.1, -0.05) is 30.2 Å². The second-order valence-electron chi connectivity index (χ2n) is 10.0. The zero-order valence-electron chi connectivity index (χ0n) is 19.7. The van der Waals surface area contributed by atoms with Gasteiger partial charge in [0.1, 0.15) is 11.3 Å². The average Bonchev–Trinajstić information content (AvgIpc) is 3.09. The Labute approximate surface area is 199 Å². The Balaban J connectivity index is 1.73. The molecule has 2 aliphatic heterocycles. The zero-order chi connectivity index (χ0) is 24.5. The molecule has 0 bridgehead atoms. The molecule has 3 atom stereocenters. The molecule has 0 amide bonds. The lowest BCUT2D eigenvalue weighted by Gasteiger charge is -2.40. The molecule has 9 heteroatoms. The van der Waals surface area contributed by atoms with Crippen LogP contribution in [0.25, 0.3) is 0 Å². The summed E-state index contributed by atoms with van der Waals surface area (Å²) in [6.07, 6.45) is 4.08. The molecule has 180 valence electrons. The molecule has 2 aromatic rings. The first kappa shape index (κ1) is 23.0. The molecule has 1 N–H and O–H groups in total. The number of hydrogen-bond donors (Lipinski definition) is 1. The molecule has 3 aliphatic rings. The second kappa shape index (κ2) is 7.63. The molecule has 0 saturated carbocycles. The van der Waals surface area contributed by atoms with Crippen LogP contribution in [0.1, 0.15) is 64.0 Å². The van der Waals surface area contributed by atoms with Crippen LogP contribution in [0.3, 0.4) is 0 Å². The SMILES string of the molecule is CC(C)=C[C@H]1CCC[C@]23c4c(cccc41)N[C@H]2OC(C)(C)N3S(=O)(=O)c1ccc([N+](=O)[O-])cc1. The summed E-state index contributed by atoms with van der Waals surface area (Å²) in [5.74, 6) is 0.188. The highest BCUT2D eigenvalue weighted by Gasteiger charge is 2.67. The van der Waals surface area contributed by atoms with E-state index in [0.717, 1.165) is 29.7 Å². The predicted molar refractivity (Wildman–Crippen MR) is 129 cm³/mol. The van der Waals surface area contributed by atoms with Gasteiger partial charge in [0.15, 0.2) is 6.23 Å². The predicted octanol–water partition coefficient (Wildman–Crippen LogP) is 5.23. The molecule has 34 heavy (non-hydrogen) atoms. The fourth-order valence-electron chi connectivity index (χ4n) is 6.06. The minimum absolute atomic E-state index is 0.0147. The number of nitro groups is 1. The molecule has 1 saturated heterocycles. The second-order valence-corrected chi connectivity index (χ2v) is 11.8. The minimum atomic E-state index is -4.07. The van der Waals surface area contributed by atoms with Crippen molar-refractivity contribution in [2.24, 2.45) is 0 Å². The van der Waals surface area contributed by atoms with Gasteiger partial charge in [0.25, 0.3) is 5.69 Å². The van der Waals surface area contributed by atoms with Crippen LogP contribution in [-0.2, 0) is 20.3 Å². The molecule has 0 unspecified atom stereocenters. The van der Waals surface area contributed by atoms with Gasteiger partial charge in [0.05, 0.1) is 9.82 Å². The van der Waals surface area contributed by atoms with Crippen LogP contribution in [-0.4, -0.2) is 29.6 Å². The van der Waals surface area contributed by atoms with Gasteiger partial charge in [-0.25, -0.2) is 8.42 Å². The number of benzene rings is 2. The number of rotatable bonds is 4. The van der Waals surface area contributed by atoms with Crippen LogP contribution in [0.4, 0.5) is 11.4 Å². The van der Waals surface area contributed by atoms with Crippen LogP contribution < -0.4 is 5.32 Å². The van der Waals surface area contributed by atoms with Crippen molar-refractivity contribution < 1.29 is 18.1 Å². The Kier molecular flexibility index (Phi) is 5.16. The highest BCUT2D eigenvalue weighted by molar-refractivity contribution is 7.89. The molecule has 2 heterocycles. The third kappa shape index (κ3) is 3.21. The van der Waals surface area contributed by atoms with E-state index in [4.69, 9.17) is 4.74 Å². The van der Waals surface area contributed by atoms with Crippen LogP contribution >= 0.6 is 0 Å². The molecule has 2 aromatic carbocycles. The maximum Gasteiger partial charge on any atom is 0.269 e. The van der Waals surface area contributed by atoms with E-state index < -0.39 is 32.4 Å². The summed E-state index contributed by atoms with van der Waals surface area (Å²) in [6, 6.07) is 11.2. The van der Waals surface area contributed by atoms with Gasteiger partial charge < -0.3 is 10.1 Å². The summed E-state index contributed by atoms with van der Waals surface area (Å²) in [5, 5.41) is 14.6. The number of anilines is 1. The van der Waals surface area contributed by atoms with Crippen molar-refractivity contribution in [2.75, 3.05) is 5.32 Å². The van der Waals surface area contributed by atoms with Crippen LogP contribution in [0, 0.1) is 10.1 Å². The lowest BCUT2D eigenvalue weighted by Crippen LogP contribution is -2.54. The van der Waals surface area contributed by atoms with Gasteiger partial charge in [-0.3, -0.25) is 10.1 Å². The van der Waals surface area contributed by atoms with E-state index >= 15 is 0 Å². The Morgan fingerprint density at radius 3 is 2.56 bits per heavy atom. The minimum Gasteiger partial charge on any atom is -0.358 e. The first-order valence-corrected chi connectivity index (χ1v) is 13.0. The highest BCUT2D eigenvalue weighted by atomic mass is 32.2. The molecule has 1 spiro atoms. The number of nitro benzene ring substituents is 1. The maximum atomic E-state index is 14.2. The summed E-state index contributed by atoms with van der Waals surface area (Å²) < 4.78 is 36.3. The van der Waals surface area contributed by atoms with E-state index in [-0.39, 0.29) is 16.5 Å². The van der Waals surface area contributed by atoms with Gasteiger partial charge in [-0.05, 0) is 64.3 Å². The van der Waals surface area contributed by atoms with E-state index in [1.165, 1.54) is 34.1 Å². The number of non-ortho nitro benzene ring substituents is 1. The Bertz CT molecular complexity index is 1300. The monoisotopic (exact) mass is 483 g/mol. The van der Waals surface area contributed by atoms with Crippen LogP contribution in [0.2, 0.25) is 0 Å². The number of allylic oxidation sites excluding steroid dienone is 2. The zero-order valence-corrected chi connectivity index (χ0v) is 20.6. The summed E-state index contributed by atoms with van der Waals surface area (Å²) >= 11 is 0. The van der Waals surface area contributed by atoms with Gasteiger partial charge in [0, 0.05) is 29.3 Å². The summed E-state index contributed by atoms with van der Waals surface area (Å²) in [4.78, 5) is 10.6. The fourth-order valence-corrected chi connectivity index (χ4v) is 8.08. The van der Waals surface area contributed by atoms with Crippen molar-refractivity contribution in [3.05, 3.63) is 75.4 Å². The molecule has 0 radical (unpaired) electrons. The lowest BCUT2D eigenvalue weighted by atomic mass is 9.83. The van der Waals surface area contributed by atoms with Crippen molar-refractivity contribution in [2.45, 2.75) is 75.3 Å². The van der Waals surface area contributed by atoms with Crippen LogP contribution in [0.5, 0.6) is 0 Å². The van der Waals surface area contributed by atoms with E-state index in [1.54, 1.807) is 13.8 Å². The number of hydrogen-bond acceptors (Lipinski definition) is 6. The Hall–Kier alpha value is -2.75. The van der Waals surface area contributed by atoms with E-state index in [1.807, 2.05) is 12.1 Å². The number of nitrogens with one attached hydrogen (secondary N) is 1. The van der Waals surface area contributed by atoms with Crippen molar-refractivity contribution >= 4 is 21.4 Å². The first-order chi connectivity index (χ1) is 16.0. The molecule has 0 aromatic heterocycles. The van der Waals surface area contributed by atoms with Crippen LogP contribution in [0.15, 0.2) is 59.0 Å². The van der Waals surface area contributed by atoms with E-state index in [0.29, 0.717) is 6.42 Å². The average molecular weight is 484 g/mol. The highest BCUT2D eigenvalue weighted by Crippen LogP contribution is 2.60. The van der Waals surface area contributed by atoms with Gasteiger partial charge >= 0.3 is 0 Å². The molecule has 1 fully saturated rings. The smallest absolute Gasteiger partial charge is 0.269 e. The van der Waals surface area contributed by atoms with Crippen molar-refractivity contribution in [1.82, 2.24) is 4.31 Å². The topological polar surface area (TPSA) is 102 Å². The maximum absolute atomic E-state index is 14.2. The first-order valence-electron chi connectivity index (χ1n) is 11.5. The van der Waals surface area contributed by atoms with Crippen molar-refractivity contribution in [1.29, 1.82) is 0 Å². The normalized spacial score (nSPS) is 27.3. The molecular formula is C25H29N3O5S. The third-order valence-corrected chi connectivity index (χ3v) is 9.21. The largest absolute Gasteiger partial charge is 0.358 e. The summed E-state index contributed by atoms with van der Waals surface area (Å²) in [6.45, 7) is 7.70. The number of ether oxygens (including phenoxy) is 1.